The molecule has 0 bridgehead atoms. The van der Waals surface area contributed by atoms with E-state index in [0.29, 0.717) is 13.2 Å². The third-order valence-electron chi connectivity index (χ3n) is 11.1. The lowest BCUT2D eigenvalue weighted by Crippen LogP contribution is -2.62. The zero-order chi connectivity index (χ0) is 46.6. The maximum atomic E-state index is 12.2. The zero-order valence-corrected chi connectivity index (χ0v) is 38.0. The Morgan fingerprint density at radius 2 is 0.873 bits per heavy atom. The van der Waals surface area contributed by atoms with Crippen molar-refractivity contribution in [2.24, 2.45) is 17.8 Å². The number of nitrogens with one attached hydrogen (secondary N) is 3. The van der Waals surface area contributed by atoms with Gasteiger partial charge in [0, 0.05) is 77.6 Å². The van der Waals surface area contributed by atoms with Crippen LogP contribution in [0.25, 0.3) is 0 Å². The fourth-order valence-corrected chi connectivity index (χ4v) is 7.43. The topological polar surface area (TPSA) is 250 Å². The predicted octanol–water partition coefficient (Wildman–Crippen LogP) is -1.98. The normalized spacial score (nSPS) is 32.7. The minimum Gasteiger partial charge on any atom is -0.394 e. The minimum atomic E-state index is -0.861. The number of halogens is 1. The molecule has 3 saturated heterocycles. The number of carbonyl (C=O) groups is 3. The highest BCUT2D eigenvalue weighted by atomic mass is 35.5. The van der Waals surface area contributed by atoms with E-state index in [0.717, 1.165) is 0 Å². The van der Waals surface area contributed by atoms with Gasteiger partial charge in [-0.25, -0.2) is 0 Å². The van der Waals surface area contributed by atoms with Gasteiger partial charge < -0.3 is 74.3 Å². The monoisotopic (exact) mass is 917 g/mol. The second-order valence-corrected chi connectivity index (χ2v) is 15.8. The van der Waals surface area contributed by atoms with Crippen LogP contribution in [0.2, 0.25) is 0 Å². The number of hydrogen-bond donors (Lipinski definition) is 7. The van der Waals surface area contributed by atoms with Crippen molar-refractivity contribution in [1.29, 1.82) is 0 Å². The molecule has 7 N–H and O–H groups in total. The van der Waals surface area contributed by atoms with E-state index in [4.69, 9.17) is 49.5 Å². The molecule has 0 spiro atoms. The van der Waals surface area contributed by atoms with Crippen LogP contribution in [0.1, 0.15) is 20.8 Å². The van der Waals surface area contributed by atoms with Crippen molar-refractivity contribution < 1.29 is 81.8 Å². The smallest absolute Gasteiger partial charge is 0.286 e. The van der Waals surface area contributed by atoms with Gasteiger partial charge in [0.15, 0.2) is 43.7 Å². The van der Waals surface area contributed by atoms with Crippen molar-refractivity contribution in [3.8, 4) is 0 Å². The third kappa shape index (κ3) is 15.9. The molecule has 3 aliphatic rings. The summed E-state index contributed by atoms with van der Waals surface area (Å²) in [7, 11) is 7.52. The fourth-order valence-electron chi connectivity index (χ4n) is 7.35. The van der Waals surface area contributed by atoms with E-state index in [9.17, 15) is 34.8 Å². The third-order valence-corrected chi connectivity index (χ3v) is 11.4. The maximum Gasteiger partial charge on any atom is 0.286 e. The van der Waals surface area contributed by atoms with Gasteiger partial charge in [0.05, 0.1) is 56.4 Å². The largest absolute Gasteiger partial charge is 0.394 e. The lowest BCUT2D eigenvalue weighted by atomic mass is 9.89. The summed E-state index contributed by atoms with van der Waals surface area (Å²) >= 11 is 5.43. The van der Waals surface area contributed by atoms with Gasteiger partial charge in [-0.3, -0.25) is 14.4 Å². The summed E-state index contributed by atoms with van der Waals surface area (Å²) in [6.45, 7) is 6.27. The van der Waals surface area contributed by atoms with Crippen LogP contribution in [0, 0.1) is 17.8 Å². The van der Waals surface area contributed by atoms with Crippen LogP contribution in [0.4, 0.5) is 0 Å². The summed E-state index contributed by atoms with van der Waals surface area (Å²) in [5.41, 5.74) is 0. The number of rotatable bonds is 16. The number of methoxy groups -OCH3 is 5. The van der Waals surface area contributed by atoms with Crippen LogP contribution in [0.15, 0.2) is 61.2 Å². The second-order valence-electron chi connectivity index (χ2n) is 15.5. The average molecular weight is 918 g/mol. The highest BCUT2D eigenvalue weighted by Gasteiger charge is 2.46. The first kappa shape index (κ1) is 53.9. The molecule has 0 aliphatic carbocycles. The average Bonchev–Trinajstić information content (AvgIpc) is 3.28. The highest BCUT2D eigenvalue weighted by Crippen LogP contribution is 2.29. The van der Waals surface area contributed by atoms with Gasteiger partial charge in [0.25, 0.3) is 11.8 Å². The van der Waals surface area contributed by atoms with Crippen LogP contribution < -0.4 is 25.1 Å². The number of ether oxygens (including phenoxy) is 8. The van der Waals surface area contributed by atoms with Crippen LogP contribution in [0.3, 0.4) is 0 Å². The van der Waals surface area contributed by atoms with E-state index in [-0.39, 0.29) is 73.3 Å². The van der Waals surface area contributed by atoms with Gasteiger partial charge in [-0.1, -0.05) is 32.9 Å². The Balaban J connectivity index is 0.000000254. The first-order valence-corrected chi connectivity index (χ1v) is 21.2. The molecule has 0 radical (unpaired) electrons. The molecule has 21 heteroatoms. The molecular weight excluding hydrogens is 850 g/mol. The molecule has 15 unspecified atom stereocenters. The Kier molecular flexibility index (Phi) is 23.7. The first-order valence-electron chi connectivity index (χ1n) is 20.7. The van der Waals surface area contributed by atoms with Crippen molar-refractivity contribution in [2.45, 2.75) is 107 Å². The first-order chi connectivity index (χ1) is 30.2. The second kappa shape index (κ2) is 27.8. The molecule has 3 aliphatic heterocycles. The summed E-state index contributed by atoms with van der Waals surface area (Å²) in [6, 6.07) is 9.16. The number of hydrogen-bond acceptors (Lipinski definition) is 15. The van der Waals surface area contributed by atoms with E-state index in [1.165, 1.54) is 21.3 Å². The molecule has 5 rings (SSSR count). The quantitative estimate of drug-likeness (QED) is 0.0713. The molecular formula is C42H68ClN5O15+2. The summed E-state index contributed by atoms with van der Waals surface area (Å²) in [5.74, 6) is -1.69. The molecule has 0 aromatic carbocycles. The van der Waals surface area contributed by atoms with Gasteiger partial charge in [-0.2, -0.15) is 9.13 Å². The Morgan fingerprint density at radius 3 is 1.17 bits per heavy atom. The Bertz CT molecular complexity index is 1620. The molecule has 0 saturated carbocycles. The number of alkyl halides is 1. The lowest BCUT2D eigenvalue weighted by Gasteiger charge is -2.43. The lowest BCUT2D eigenvalue weighted by molar-refractivity contribution is -0.684. The van der Waals surface area contributed by atoms with E-state index in [1.807, 2.05) is 50.2 Å². The molecule has 2 aromatic heterocycles. The van der Waals surface area contributed by atoms with Crippen LogP contribution >= 0.6 is 11.6 Å². The minimum absolute atomic E-state index is 0.137. The number of aliphatic hydroxyl groups excluding tert-OH is 4. The van der Waals surface area contributed by atoms with Gasteiger partial charge in [-0.05, 0) is 0 Å². The van der Waals surface area contributed by atoms with Crippen molar-refractivity contribution in [2.75, 3.05) is 61.2 Å². The van der Waals surface area contributed by atoms with Crippen LogP contribution in [0.5, 0.6) is 0 Å². The summed E-state index contributed by atoms with van der Waals surface area (Å²) in [6.07, 6.45) is 1.44. The maximum absolute atomic E-state index is 12.2. The zero-order valence-electron chi connectivity index (χ0n) is 37.2. The Hall–Kier alpha value is -3.48. The van der Waals surface area contributed by atoms with Crippen molar-refractivity contribution in [3.05, 3.63) is 61.2 Å². The van der Waals surface area contributed by atoms with Crippen LogP contribution in [-0.4, -0.2) is 173 Å². The molecule has 3 fully saturated rings. The number of nitrogens with zero attached hydrogens (tertiary/aromatic N) is 2. The van der Waals surface area contributed by atoms with Gasteiger partial charge >= 0.3 is 0 Å². The summed E-state index contributed by atoms with van der Waals surface area (Å²) in [4.78, 5) is 35.7. The SMILES string of the molecule is COC1OC(CO)C(C)C(O)C1NC(=O)C[n+]1ccccc1.COCC1OC(OC)C(NC(=O)CCl)C(O)C1C.COCC1OC(OC)C(NC(=O)C[n+]2ccccc2)C(O)C1C. The molecule has 63 heavy (non-hydrogen) atoms. The molecule has 3 amide bonds. The van der Waals surface area contributed by atoms with E-state index in [1.54, 1.807) is 55.1 Å². The van der Waals surface area contributed by atoms with E-state index < -0.39 is 61.4 Å². The number of pyridine rings is 2. The van der Waals surface area contributed by atoms with Crippen LogP contribution in [-0.2, 0) is 65.4 Å². The van der Waals surface area contributed by atoms with E-state index in [2.05, 4.69) is 16.0 Å². The van der Waals surface area contributed by atoms with Crippen molar-refractivity contribution in [1.82, 2.24) is 16.0 Å². The number of carbonyl (C=O) groups excluding carboxylic acids is 3. The Labute approximate surface area is 374 Å². The number of aromatic nitrogens is 2. The van der Waals surface area contributed by atoms with E-state index >= 15 is 0 Å². The predicted molar refractivity (Wildman–Crippen MR) is 223 cm³/mol. The summed E-state index contributed by atoms with van der Waals surface area (Å²) in [5, 5.41) is 48.5. The highest BCUT2D eigenvalue weighted by molar-refractivity contribution is 6.27. The molecule has 5 heterocycles. The number of aliphatic hydroxyl groups is 4. The molecule has 2 aromatic rings. The van der Waals surface area contributed by atoms with Crippen molar-refractivity contribution in [3.63, 3.8) is 0 Å². The number of amides is 3. The van der Waals surface area contributed by atoms with Crippen molar-refractivity contribution >= 4 is 29.3 Å². The molecule has 20 nitrogen and oxygen atoms in total. The Morgan fingerprint density at radius 1 is 0.556 bits per heavy atom. The van der Waals surface area contributed by atoms with Gasteiger partial charge in [0.2, 0.25) is 19.0 Å². The van der Waals surface area contributed by atoms with Gasteiger partial charge in [-0.15, -0.1) is 11.6 Å². The standard InChI is InChI=1S/C16H24N2O5.C15H22N2O5.C11H20ClNO5/c1-11-12(10-21-2)23-16(22-3)14(15(11)20)17-13(19)9-18-7-5-4-6-8-18;1-10-11(9-18)22-15(21-2)13(14(10)20)16-12(19)8-17-6-4-3-5-7-17;1-6-7(5-16-2)18-11(17-3)9(10(6)15)13-8(14)4-12/h4-8,11-12,14-16,20H,9-10H2,1-3H3;3-7,10-11,13-15,18,20H,8-9H2,1-2H3;6-7,9-11,15H,4-5H2,1-3H3,(H,13,14)/p+2. The summed E-state index contributed by atoms with van der Waals surface area (Å²) < 4.78 is 46.3. The molecule has 15 atom stereocenters. The fraction of sp³-hybridized carbons (Fsp3) is 0.690. The van der Waals surface area contributed by atoms with Gasteiger partial charge in [0.1, 0.15) is 24.0 Å². The molecule has 356 valence electrons.